The molecule has 482 valence electrons. The SMILES string of the molecule is NCCCCCCNC(=O)C1NC(=O)C2NC(=O)C(NC(=O)C3NC(=O)C4NC(=O)C(NC(=O)C(N)c5ccc(O)c(c5)Oc5cc(O)cc4c5)C(O)c4ccc(c(Cl)c4)Oc4cc3cc(c4O)Oc3ccc(cc3Cl)C2O)c2cccc(O)c2-c2c(O)cc(O)cc21. The Kier molecular flexibility index (Phi) is 18.1. The lowest BCUT2D eigenvalue weighted by Gasteiger charge is -2.31. The number of halogens is 2. The summed E-state index contributed by atoms with van der Waals surface area (Å²) in [5.41, 5.74) is 9.44. The van der Waals surface area contributed by atoms with Gasteiger partial charge in [0, 0.05) is 29.8 Å². The van der Waals surface area contributed by atoms with E-state index in [1.807, 2.05) is 0 Å². The predicted molar refractivity (Wildman–Crippen MR) is 329 cm³/mol. The van der Waals surface area contributed by atoms with Gasteiger partial charge >= 0.3 is 0 Å². The topological polar surface area (TPSA) is 445 Å². The number of nitrogens with two attached hydrogens (primary N) is 2. The Bertz CT molecular complexity index is 4210. The fraction of sp³-hybridized carbons (Fsp3) is 0.234. The lowest BCUT2D eigenvalue weighted by Crippen LogP contribution is -2.56. The molecule has 15 bridgehead atoms. The minimum atomic E-state index is -2.26. The first kappa shape index (κ1) is 64.0. The van der Waals surface area contributed by atoms with Crippen molar-refractivity contribution < 1.29 is 88.6 Å². The first-order valence-electron chi connectivity index (χ1n) is 28.9. The van der Waals surface area contributed by atoms with E-state index in [9.17, 15) is 50.4 Å². The van der Waals surface area contributed by atoms with Gasteiger partial charge in [0.2, 0.25) is 47.1 Å². The number of aliphatic hydroxyl groups excluding tert-OH is 2. The molecule has 93 heavy (non-hydrogen) atoms. The average molecular weight is 1310 g/mol. The molecule has 0 radical (unpaired) electrons. The Hall–Kier alpha value is -10.6. The largest absolute Gasteiger partial charge is 0.508 e. The summed E-state index contributed by atoms with van der Waals surface area (Å²) in [4.78, 5) is 106. The standard InChI is InChI=1S/C64H59Cl2N9O18/c65-36-18-27-9-12-41(36)92-44-21-30-22-45(57(44)83)93-42-13-10-28(19-37(42)66)56(82)54-64(90)73-52(59(85)69-15-4-2-1-3-14-67)35-24-32(77)25-40(80)47(35)46-34(6-5-7-39(46)79)51(62(88)75-54)72-61(87)50(30)70-60(86)49-29-16-31(76)23-33(17-29)91-43-20-26(8-11-38(43)78)48(68)58(84)74-53(55(27)81)63(89)71-49/h5-13,16-25,48-56,76-83H,1-4,14-15,67-68H2,(H,69,85)(H,70,86)(H,71,89)(H,72,87)(H,73,90)(H,74,84)(H,75,88). The molecule has 6 heterocycles. The summed E-state index contributed by atoms with van der Waals surface area (Å²) in [5, 5.41) is 111. The van der Waals surface area contributed by atoms with Crippen LogP contribution >= 0.6 is 23.2 Å². The molecular weight excluding hydrogens is 1250 g/mol. The molecular formula is C64H59Cl2N9O18. The monoisotopic (exact) mass is 1310 g/mol. The number of aliphatic hydroxyl groups is 2. The number of phenols is 6. The summed E-state index contributed by atoms with van der Waals surface area (Å²) < 4.78 is 18.5. The van der Waals surface area contributed by atoms with Gasteiger partial charge in [-0.1, -0.05) is 66.4 Å². The van der Waals surface area contributed by atoms with Crippen molar-refractivity contribution in [3.63, 3.8) is 0 Å². The fourth-order valence-electron chi connectivity index (χ4n) is 11.3. The number of hydrogen-bond acceptors (Lipinski definition) is 20. The highest BCUT2D eigenvalue weighted by molar-refractivity contribution is 6.32. The number of hydrogen-bond donors (Lipinski definition) is 17. The van der Waals surface area contributed by atoms with Crippen LogP contribution in [0.4, 0.5) is 0 Å². The maximum atomic E-state index is 16.0. The lowest BCUT2D eigenvalue weighted by molar-refractivity contribution is -0.137. The number of carbonyl (C=O) groups excluding carboxylic acids is 7. The van der Waals surface area contributed by atoms with E-state index in [1.54, 1.807) is 0 Å². The molecule has 0 saturated carbocycles. The van der Waals surface area contributed by atoms with Gasteiger partial charge in [0.25, 0.3) is 0 Å². The Labute approximate surface area is 537 Å². The number of amides is 7. The van der Waals surface area contributed by atoms with Gasteiger partial charge in [-0.25, -0.2) is 0 Å². The zero-order chi connectivity index (χ0) is 66.3. The smallest absolute Gasteiger partial charge is 0.248 e. The van der Waals surface area contributed by atoms with E-state index < -0.39 is 159 Å². The molecule has 0 fully saturated rings. The summed E-state index contributed by atoms with van der Waals surface area (Å²) >= 11 is 13.8. The number of phenolic OH excluding ortho intramolecular Hbond substituents is 6. The van der Waals surface area contributed by atoms with E-state index in [0.717, 1.165) is 73.2 Å². The van der Waals surface area contributed by atoms with Crippen LogP contribution in [0.1, 0.15) is 107 Å². The molecule has 9 unspecified atom stereocenters. The molecule has 6 aliphatic rings. The fourth-order valence-corrected chi connectivity index (χ4v) is 11.8. The predicted octanol–water partition coefficient (Wildman–Crippen LogP) is 5.03. The van der Waals surface area contributed by atoms with Crippen molar-refractivity contribution in [1.29, 1.82) is 0 Å². The Morgan fingerprint density at radius 3 is 1.65 bits per heavy atom. The van der Waals surface area contributed by atoms with Crippen molar-refractivity contribution in [3.05, 3.63) is 164 Å². The van der Waals surface area contributed by atoms with Gasteiger partial charge in [-0.3, -0.25) is 33.6 Å². The van der Waals surface area contributed by atoms with Crippen molar-refractivity contribution >= 4 is 64.6 Å². The van der Waals surface area contributed by atoms with E-state index in [-0.39, 0.29) is 73.0 Å². The van der Waals surface area contributed by atoms with Gasteiger partial charge in [-0.15, -0.1) is 0 Å². The first-order chi connectivity index (χ1) is 44.5. The number of nitrogens with one attached hydrogen (secondary N) is 7. The Morgan fingerprint density at radius 1 is 0.473 bits per heavy atom. The van der Waals surface area contributed by atoms with Crippen molar-refractivity contribution in [3.8, 4) is 80.1 Å². The minimum Gasteiger partial charge on any atom is -0.508 e. The van der Waals surface area contributed by atoms with Gasteiger partial charge in [0.05, 0.1) is 10.0 Å². The van der Waals surface area contributed by atoms with E-state index in [2.05, 4.69) is 37.2 Å². The van der Waals surface area contributed by atoms with E-state index in [4.69, 9.17) is 48.9 Å². The third kappa shape index (κ3) is 13.1. The minimum absolute atomic E-state index is 0.0371. The van der Waals surface area contributed by atoms with Crippen molar-refractivity contribution in [2.75, 3.05) is 13.1 Å². The van der Waals surface area contributed by atoms with Crippen LogP contribution < -0.4 is 62.9 Å². The molecule has 29 heteroatoms. The lowest BCUT2D eigenvalue weighted by atomic mass is 9.87. The number of rotatable bonds is 7. The molecule has 0 saturated heterocycles. The summed E-state index contributed by atoms with van der Waals surface area (Å²) in [6.07, 6.45) is -1.63. The van der Waals surface area contributed by atoms with Crippen LogP contribution in [0.3, 0.4) is 0 Å². The molecule has 0 aromatic heterocycles. The molecule has 6 aliphatic heterocycles. The summed E-state index contributed by atoms with van der Waals surface area (Å²) in [7, 11) is 0. The maximum Gasteiger partial charge on any atom is 0.248 e. The van der Waals surface area contributed by atoms with Crippen molar-refractivity contribution in [1.82, 2.24) is 37.2 Å². The van der Waals surface area contributed by atoms with Crippen LogP contribution in [0.15, 0.2) is 115 Å². The van der Waals surface area contributed by atoms with Gasteiger partial charge in [-0.2, -0.15) is 0 Å². The van der Waals surface area contributed by atoms with Crippen molar-refractivity contribution in [2.24, 2.45) is 11.5 Å². The summed E-state index contributed by atoms with van der Waals surface area (Å²) in [5.74, 6) is -15.0. The number of ether oxygens (including phenoxy) is 3. The number of carbonyl (C=O) groups is 7. The highest BCUT2D eigenvalue weighted by Gasteiger charge is 2.43. The summed E-state index contributed by atoms with van der Waals surface area (Å²) in [6.45, 7) is 0.481. The molecule has 7 aromatic rings. The van der Waals surface area contributed by atoms with E-state index in [1.165, 1.54) is 48.5 Å². The number of fused-ring (bicyclic) bond motifs is 13. The molecule has 19 N–H and O–H groups in total. The highest BCUT2D eigenvalue weighted by Crippen LogP contribution is 2.49. The molecule has 7 amide bonds. The number of aromatic hydroxyl groups is 6. The second-order valence-electron chi connectivity index (χ2n) is 22.3. The van der Waals surface area contributed by atoms with E-state index >= 15 is 24.0 Å². The zero-order valence-electron chi connectivity index (χ0n) is 48.5. The number of unbranched alkanes of at least 4 members (excludes halogenated alkanes) is 3. The second kappa shape index (κ2) is 26.3. The second-order valence-corrected chi connectivity index (χ2v) is 23.1. The van der Waals surface area contributed by atoms with Gasteiger partial charge in [0.1, 0.15) is 94.7 Å². The van der Waals surface area contributed by atoms with Crippen LogP contribution in [0.2, 0.25) is 10.0 Å². The zero-order valence-corrected chi connectivity index (χ0v) is 50.0. The maximum absolute atomic E-state index is 16.0. The summed E-state index contributed by atoms with van der Waals surface area (Å²) in [6, 6.07) is 7.18. The third-order valence-corrected chi connectivity index (χ3v) is 16.6. The molecule has 9 atom stereocenters. The van der Waals surface area contributed by atoms with Gasteiger partial charge < -0.3 is 104 Å². The average Bonchev–Trinajstić information content (AvgIpc) is 1.70. The number of benzene rings is 7. The van der Waals surface area contributed by atoms with Gasteiger partial charge in [-0.05, 0) is 131 Å². The Morgan fingerprint density at radius 2 is 1.01 bits per heavy atom. The van der Waals surface area contributed by atoms with Crippen molar-refractivity contribution in [2.45, 2.75) is 80.2 Å². The Balaban J connectivity index is 1.14. The normalized spacial score (nSPS) is 21.9. The molecule has 0 spiro atoms. The van der Waals surface area contributed by atoms with Crippen LogP contribution in [0.5, 0.6) is 69.0 Å². The van der Waals surface area contributed by atoms with Gasteiger partial charge in [0.15, 0.2) is 23.0 Å². The van der Waals surface area contributed by atoms with Crippen LogP contribution in [-0.2, 0) is 33.6 Å². The van der Waals surface area contributed by atoms with E-state index in [0.29, 0.717) is 25.8 Å². The van der Waals surface area contributed by atoms with Crippen LogP contribution in [0, 0.1) is 0 Å². The van der Waals surface area contributed by atoms with Crippen LogP contribution in [0.25, 0.3) is 11.1 Å². The molecule has 27 nitrogen and oxygen atoms in total. The molecule has 7 aromatic carbocycles. The molecule has 0 aliphatic carbocycles. The molecule has 13 rings (SSSR count). The third-order valence-electron chi connectivity index (χ3n) is 16.0. The quantitative estimate of drug-likeness (QED) is 0.0931. The highest BCUT2D eigenvalue weighted by atomic mass is 35.5. The first-order valence-corrected chi connectivity index (χ1v) is 29.7. The van der Waals surface area contributed by atoms with Crippen LogP contribution in [-0.4, -0.2) is 107 Å².